The zero-order chi connectivity index (χ0) is 20.2. The van der Waals surface area contributed by atoms with Crippen molar-refractivity contribution in [3.05, 3.63) is 35.9 Å². The molecule has 8 heteroatoms. The van der Waals surface area contributed by atoms with E-state index in [0.29, 0.717) is 13.1 Å². The van der Waals surface area contributed by atoms with E-state index in [1.165, 1.54) is 0 Å². The maximum Gasteiger partial charge on any atom is 0.247 e. The first-order valence-electron chi connectivity index (χ1n) is 9.15. The fourth-order valence-corrected chi connectivity index (χ4v) is 3.97. The number of sulfonamides is 1. The lowest BCUT2D eigenvalue weighted by Crippen LogP contribution is -2.70. The second-order valence-corrected chi connectivity index (χ2v) is 9.47. The summed E-state index contributed by atoms with van der Waals surface area (Å²) in [6.45, 7) is 6.14. The molecule has 1 heterocycles. The molecule has 150 valence electrons. The van der Waals surface area contributed by atoms with E-state index in [-0.39, 0.29) is 30.8 Å². The van der Waals surface area contributed by atoms with E-state index in [4.69, 9.17) is 0 Å². The highest BCUT2D eigenvalue weighted by molar-refractivity contribution is 7.88. The first-order valence-corrected chi connectivity index (χ1v) is 11.0. The summed E-state index contributed by atoms with van der Waals surface area (Å²) in [5, 5.41) is 2.87. The number of piperazine rings is 1. The molecule has 2 amide bonds. The molecule has 2 rings (SSSR count). The number of benzene rings is 1. The molecule has 27 heavy (non-hydrogen) atoms. The van der Waals surface area contributed by atoms with Crippen molar-refractivity contribution in [2.45, 2.75) is 39.3 Å². The Morgan fingerprint density at radius 1 is 1.30 bits per heavy atom. The highest BCUT2D eigenvalue weighted by atomic mass is 32.2. The highest BCUT2D eigenvalue weighted by Gasteiger charge is 2.49. The molecule has 2 atom stereocenters. The van der Waals surface area contributed by atoms with Crippen molar-refractivity contribution in [3.63, 3.8) is 0 Å². The smallest absolute Gasteiger partial charge is 0.247 e. The minimum Gasteiger partial charge on any atom is -0.350 e. The molecular weight excluding hydrogens is 366 g/mol. The summed E-state index contributed by atoms with van der Waals surface area (Å²) in [4.78, 5) is 27.3. The van der Waals surface area contributed by atoms with Gasteiger partial charge in [-0.15, -0.1) is 0 Å². The Bertz CT molecular complexity index is 781. The normalized spacial score (nSPS) is 22.5. The zero-order valence-electron chi connectivity index (χ0n) is 16.4. The van der Waals surface area contributed by atoms with Gasteiger partial charge >= 0.3 is 0 Å². The number of rotatable bonds is 7. The number of carbonyl (C=O) groups is 2. The van der Waals surface area contributed by atoms with E-state index in [1.54, 1.807) is 11.8 Å². The number of hydrogen-bond acceptors (Lipinski definition) is 4. The molecule has 0 aliphatic carbocycles. The van der Waals surface area contributed by atoms with Crippen molar-refractivity contribution >= 4 is 21.8 Å². The molecular formula is C19H29N3O4S. The molecule has 1 aliphatic rings. The Kier molecular flexibility index (Phi) is 6.64. The summed E-state index contributed by atoms with van der Waals surface area (Å²) in [6.07, 6.45) is 1.92. The highest BCUT2D eigenvalue weighted by Crippen LogP contribution is 2.26. The van der Waals surface area contributed by atoms with Crippen molar-refractivity contribution in [3.8, 4) is 0 Å². The molecule has 1 fully saturated rings. The van der Waals surface area contributed by atoms with Gasteiger partial charge in [0.05, 0.1) is 12.8 Å². The first kappa shape index (κ1) is 21.4. The fourth-order valence-electron chi connectivity index (χ4n) is 3.14. The molecule has 1 saturated heterocycles. The lowest BCUT2D eigenvalue weighted by molar-refractivity contribution is -0.153. The van der Waals surface area contributed by atoms with Crippen LogP contribution in [0.1, 0.15) is 32.8 Å². The average molecular weight is 396 g/mol. The number of carbonyl (C=O) groups excluding carboxylic acids is 2. The van der Waals surface area contributed by atoms with Gasteiger partial charge in [0, 0.05) is 19.6 Å². The third-order valence-electron chi connectivity index (χ3n) is 5.14. The Hall–Kier alpha value is -1.93. The summed E-state index contributed by atoms with van der Waals surface area (Å²) in [6, 6.07) is 9.45. The van der Waals surface area contributed by atoms with E-state index in [1.807, 2.05) is 44.2 Å². The maximum atomic E-state index is 13.1. The fraction of sp³-hybridized carbons (Fsp3) is 0.579. The lowest BCUT2D eigenvalue weighted by atomic mass is 9.93. The number of hydrogen-bond donors (Lipinski definition) is 1. The van der Waals surface area contributed by atoms with Crippen LogP contribution in [0.5, 0.6) is 0 Å². The van der Waals surface area contributed by atoms with Crippen molar-refractivity contribution in [1.82, 2.24) is 14.5 Å². The maximum absolute atomic E-state index is 13.1. The summed E-state index contributed by atoms with van der Waals surface area (Å²) < 4.78 is 25.1. The Morgan fingerprint density at radius 3 is 2.48 bits per heavy atom. The van der Waals surface area contributed by atoms with Crippen molar-refractivity contribution < 1.29 is 18.0 Å². The van der Waals surface area contributed by atoms with Crippen molar-refractivity contribution in [2.75, 3.05) is 25.9 Å². The van der Waals surface area contributed by atoms with Crippen molar-refractivity contribution in [1.29, 1.82) is 0 Å². The van der Waals surface area contributed by atoms with Gasteiger partial charge in [-0.2, -0.15) is 4.31 Å². The van der Waals surface area contributed by atoms with E-state index in [9.17, 15) is 18.0 Å². The second-order valence-electron chi connectivity index (χ2n) is 7.49. The molecule has 1 aromatic carbocycles. The van der Waals surface area contributed by atoms with Gasteiger partial charge in [0.1, 0.15) is 5.54 Å². The average Bonchev–Trinajstić information content (AvgIpc) is 2.62. The van der Waals surface area contributed by atoms with Crippen molar-refractivity contribution in [2.24, 2.45) is 5.92 Å². The van der Waals surface area contributed by atoms with Gasteiger partial charge in [0.2, 0.25) is 21.8 Å². The molecule has 0 saturated carbocycles. The minimum absolute atomic E-state index is 0.0470. The Labute approximate surface area is 161 Å². The summed E-state index contributed by atoms with van der Waals surface area (Å²) in [5.74, 6) is -0.485. The first-order chi connectivity index (χ1) is 12.6. The lowest BCUT2D eigenvalue weighted by Gasteiger charge is -2.47. The molecule has 1 aromatic rings. The zero-order valence-corrected chi connectivity index (χ0v) is 17.3. The van der Waals surface area contributed by atoms with Gasteiger partial charge in [-0.05, 0) is 18.4 Å². The molecule has 0 spiro atoms. The van der Waals surface area contributed by atoms with Crippen LogP contribution >= 0.6 is 0 Å². The third kappa shape index (κ3) is 5.07. The monoisotopic (exact) mass is 395 g/mol. The van der Waals surface area contributed by atoms with Crippen LogP contribution in [0.4, 0.5) is 0 Å². The van der Waals surface area contributed by atoms with Gasteiger partial charge in [-0.25, -0.2) is 8.42 Å². The standard InChI is InChI=1S/C19H29N3O4S/c1-5-15(2)12-22-17(23)13-21(27(4,25)26)14-19(22,3)18(24)20-11-16-9-7-6-8-10-16/h6-10,15H,5,11-14H2,1-4H3,(H,20,24). The Balaban J connectivity index is 2.27. The molecule has 0 aromatic heterocycles. The predicted octanol–water partition coefficient (Wildman–Crippen LogP) is 1.21. The largest absolute Gasteiger partial charge is 0.350 e. The topological polar surface area (TPSA) is 86.8 Å². The molecule has 1 N–H and O–H groups in total. The van der Waals surface area contributed by atoms with Crippen LogP contribution in [-0.4, -0.2) is 60.9 Å². The van der Waals surface area contributed by atoms with Gasteiger partial charge in [0.15, 0.2) is 0 Å². The summed E-state index contributed by atoms with van der Waals surface area (Å²) in [5.41, 5.74) is -0.318. The third-order valence-corrected chi connectivity index (χ3v) is 6.33. The van der Waals surface area contributed by atoms with Crippen LogP contribution in [0, 0.1) is 5.92 Å². The van der Waals surface area contributed by atoms with E-state index in [2.05, 4.69) is 5.32 Å². The van der Waals surface area contributed by atoms with Crippen LogP contribution in [-0.2, 0) is 26.2 Å². The molecule has 7 nitrogen and oxygen atoms in total. The van der Waals surface area contributed by atoms with E-state index in [0.717, 1.165) is 22.5 Å². The van der Waals surface area contributed by atoms with Crippen LogP contribution in [0.15, 0.2) is 30.3 Å². The Morgan fingerprint density at radius 2 is 1.93 bits per heavy atom. The molecule has 0 radical (unpaired) electrons. The second kappa shape index (κ2) is 8.39. The number of nitrogens with one attached hydrogen (secondary N) is 1. The van der Waals surface area contributed by atoms with Gasteiger partial charge < -0.3 is 10.2 Å². The van der Waals surface area contributed by atoms with Crippen LogP contribution < -0.4 is 5.32 Å². The predicted molar refractivity (Wildman–Crippen MR) is 104 cm³/mol. The SMILES string of the molecule is CCC(C)CN1C(=O)CN(S(C)(=O)=O)CC1(C)C(=O)NCc1ccccc1. The van der Waals surface area contributed by atoms with Gasteiger partial charge in [-0.1, -0.05) is 50.6 Å². The summed E-state index contributed by atoms with van der Waals surface area (Å²) in [7, 11) is -3.58. The molecule has 1 aliphatic heterocycles. The van der Waals surface area contributed by atoms with Gasteiger partial charge in [0.25, 0.3) is 0 Å². The molecule has 2 unspecified atom stereocenters. The van der Waals surface area contributed by atoms with E-state index >= 15 is 0 Å². The minimum atomic E-state index is -3.58. The van der Waals surface area contributed by atoms with E-state index < -0.39 is 15.6 Å². The summed E-state index contributed by atoms with van der Waals surface area (Å²) >= 11 is 0. The number of nitrogens with zero attached hydrogens (tertiary/aromatic N) is 2. The quantitative estimate of drug-likeness (QED) is 0.752. The number of amides is 2. The molecule has 0 bridgehead atoms. The van der Waals surface area contributed by atoms with Crippen LogP contribution in [0.25, 0.3) is 0 Å². The van der Waals surface area contributed by atoms with Crippen LogP contribution in [0.2, 0.25) is 0 Å². The van der Waals surface area contributed by atoms with Crippen LogP contribution in [0.3, 0.4) is 0 Å². The van der Waals surface area contributed by atoms with Gasteiger partial charge in [-0.3, -0.25) is 9.59 Å².